The van der Waals surface area contributed by atoms with Crippen LogP contribution in [0.15, 0.2) is 0 Å². The number of fused-ring (bicyclic) bond motifs is 7. The number of aliphatic hydroxyl groups is 3. The van der Waals surface area contributed by atoms with Crippen LogP contribution >= 0.6 is 0 Å². The number of rotatable bonds is 9. The van der Waals surface area contributed by atoms with E-state index in [1.165, 1.54) is 0 Å². The molecular weight excluding hydrogens is 530 g/mol. The smallest absolute Gasteiger partial charge is 0.312 e. The van der Waals surface area contributed by atoms with Gasteiger partial charge in [-0.15, -0.1) is 0 Å². The summed E-state index contributed by atoms with van der Waals surface area (Å²) >= 11 is 0. The summed E-state index contributed by atoms with van der Waals surface area (Å²) in [6.07, 6.45) is 9.52. The number of Topliss-reactive ketones (excluding diaryl/α,β-unsaturated/α-hetero) is 1. The van der Waals surface area contributed by atoms with E-state index >= 15 is 0 Å². The minimum Gasteiger partial charge on any atom is -0.464 e. The molecule has 5 rings (SSSR count). The van der Waals surface area contributed by atoms with Gasteiger partial charge in [-0.2, -0.15) is 0 Å². The Morgan fingerprint density at radius 2 is 1.48 bits per heavy atom. The molecule has 0 aromatic rings. The molecule has 5 aliphatic rings. The van der Waals surface area contributed by atoms with Gasteiger partial charge >= 0.3 is 5.97 Å². The molecule has 0 bridgehead atoms. The summed E-state index contributed by atoms with van der Waals surface area (Å²) in [6, 6.07) is 0. The lowest BCUT2D eigenvalue weighted by molar-refractivity contribution is -0.249. The second kappa shape index (κ2) is 11.4. The largest absolute Gasteiger partial charge is 0.464 e. The van der Waals surface area contributed by atoms with Crippen LogP contribution in [0.5, 0.6) is 0 Å². The van der Waals surface area contributed by atoms with Crippen molar-refractivity contribution in [3.8, 4) is 0 Å². The van der Waals surface area contributed by atoms with Gasteiger partial charge in [-0.25, -0.2) is 0 Å². The van der Waals surface area contributed by atoms with E-state index in [-0.39, 0.29) is 71.2 Å². The lowest BCUT2D eigenvalue weighted by Gasteiger charge is -2.72. The van der Waals surface area contributed by atoms with Crippen molar-refractivity contribution in [2.24, 2.45) is 56.7 Å². The first-order valence-electron chi connectivity index (χ1n) is 17.0. The molecule has 0 aromatic heterocycles. The number of hydrogen-bond donors (Lipinski definition) is 3. The van der Waals surface area contributed by atoms with Gasteiger partial charge < -0.3 is 20.1 Å². The Morgan fingerprint density at radius 3 is 2.12 bits per heavy atom. The molecule has 0 amide bonds. The van der Waals surface area contributed by atoms with E-state index in [2.05, 4.69) is 34.6 Å². The Balaban J connectivity index is 1.42. The van der Waals surface area contributed by atoms with Gasteiger partial charge in [0.05, 0.1) is 24.7 Å². The van der Waals surface area contributed by atoms with E-state index in [0.717, 1.165) is 64.2 Å². The first-order chi connectivity index (χ1) is 19.7. The van der Waals surface area contributed by atoms with E-state index in [1.54, 1.807) is 6.92 Å². The molecular formula is C35H59NO6. The van der Waals surface area contributed by atoms with Crippen molar-refractivity contribution >= 4 is 11.8 Å². The summed E-state index contributed by atoms with van der Waals surface area (Å²) in [5.41, 5.74) is -0.292. The molecule has 0 spiro atoms. The fraction of sp³-hybridized carbons (Fsp3) is 0.943. The van der Waals surface area contributed by atoms with Crippen LogP contribution in [-0.4, -0.2) is 77.5 Å². The van der Waals surface area contributed by atoms with Crippen molar-refractivity contribution in [3.05, 3.63) is 0 Å². The zero-order valence-electron chi connectivity index (χ0n) is 27.3. The third kappa shape index (κ3) is 4.65. The molecule has 240 valence electrons. The number of carbonyl (C=O) groups is 2. The van der Waals surface area contributed by atoms with E-state index in [0.29, 0.717) is 37.4 Å². The van der Waals surface area contributed by atoms with Gasteiger partial charge in [-0.1, -0.05) is 34.6 Å². The Labute approximate surface area is 254 Å². The monoisotopic (exact) mass is 589 g/mol. The van der Waals surface area contributed by atoms with E-state index in [1.807, 2.05) is 4.90 Å². The lowest BCUT2D eigenvalue weighted by atomic mass is 9.32. The molecule has 0 aliphatic heterocycles. The highest BCUT2D eigenvalue weighted by molar-refractivity contribution is 5.84. The number of hydrogen-bond acceptors (Lipinski definition) is 7. The maximum atomic E-state index is 14.1. The van der Waals surface area contributed by atoms with Crippen LogP contribution in [-0.2, 0) is 14.3 Å². The van der Waals surface area contributed by atoms with Crippen LogP contribution < -0.4 is 0 Å². The van der Waals surface area contributed by atoms with Crippen molar-refractivity contribution in [1.82, 2.24) is 4.90 Å². The molecule has 5 fully saturated rings. The van der Waals surface area contributed by atoms with Gasteiger partial charge in [0.15, 0.2) is 0 Å². The standard InChI is InChI=1S/C35H59NO6/c1-23(39)24-9-14-35(30(41)42-22-19-36(17-20-37)18-21-38)16-15-33(5)25(29(24)35)7-8-27-32(4)12-11-28(40)31(2,3)26(32)10-13-34(27,33)6/h24-29,37-38,40H,7-22H2,1-6H3/t24-,25+,26-,27+,28-,29+,32-,33+,34+,35-/m0/s1. The first-order valence-corrected chi connectivity index (χ1v) is 17.0. The predicted molar refractivity (Wildman–Crippen MR) is 162 cm³/mol. The van der Waals surface area contributed by atoms with Gasteiger partial charge in [0.1, 0.15) is 12.4 Å². The van der Waals surface area contributed by atoms with E-state index < -0.39 is 5.41 Å². The van der Waals surface area contributed by atoms with E-state index in [4.69, 9.17) is 4.74 Å². The van der Waals surface area contributed by atoms with Crippen LogP contribution in [0.4, 0.5) is 0 Å². The highest BCUT2D eigenvalue weighted by atomic mass is 16.5. The number of ether oxygens (including phenoxy) is 1. The SMILES string of the molecule is CC(=O)[C@@H]1CC[C@]2(C(=O)OCCN(CCO)CCO)CC[C@]3(C)[C@H](CC[C@@H]4[C@@]5(C)CC[C@H](O)C(C)(C)[C@@H]5CC[C@]43C)[C@@H]12. The Kier molecular flexibility index (Phi) is 8.79. The average molecular weight is 590 g/mol. The summed E-state index contributed by atoms with van der Waals surface area (Å²) in [5, 5.41) is 29.7. The van der Waals surface area contributed by atoms with Crippen molar-refractivity contribution in [3.63, 3.8) is 0 Å². The molecule has 3 N–H and O–H groups in total. The zero-order chi connectivity index (χ0) is 30.7. The topological polar surface area (TPSA) is 107 Å². The van der Waals surface area contributed by atoms with Crippen LogP contribution in [0, 0.1) is 56.7 Å². The molecule has 5 saturated carbocycles. The normalized spacial score (nSPS) is 45.9. The van der Waals surface area contributed by atoms with Crippen LogP contribution in [0.3, 0.4) is 0 Å². The third-order valence-corrected chi connectivity index (χ3v) is 14.8. The lowest BCUT2D eigenvalue weighted by Crippen LogP contribution is -2.67. The third-order valence-electron chi connectivity index (χ3n) is 14.8. The minimum absolute atomic E-state index is 0.00184. The van der Waals surface area contributed by atoms with Gasteiger partial charge in [-0.3, -0.25) is 14.5 Å². The Bertz CT molecular complexity index is 1020. The number of esters is 1. The average Bonchev–Trinajstić information content (AvgIpc) is 3.33. The van der Waals surface area contributed by atoms with Gasteiger partial charge in [0.2, 0.25) is 0 Å². The molecule has 0 saturated heterocycles. The highest BCUT2D eigenvalue weighted by Gasteiger charge is 2.72. The summed E-state index contributed by atoms with van der Waals surface area (Å²) in [6.45, 7) is 15.5. The van der Waals surface area contributed by atoms with Crippen LogP contribution in [0.1, 0.15) is 106 Å². The first kappa shape index (κ1) is 32.4. The molecule has 0 heterocycles. The fourth-order valence-corrected chi connectivity index (χ4v) is 12.4. The predicted octanol–water partition coefficient (Wildman–Crippen LogP) is 4.85. The number of nitrogens with zero attached hydrogens (tertiary/aromatic N) is 1. The molecule has 7 heteroatoms. The van der Waals surface area contributed by atoms with Crippen LogP contribution in [0.2, 0.25) is 0 Å². The van der Waals surface area contributed by atoms with Gasteiger partial charge in [0.25, 0.3) is 0 Å². The van der Waals surface area contributed by atoms with Crippen molar-refractivity contribution < 1.29 is 29.6 Å². The zero-order valence-corrected chi connectivity index (χ0v) is 27.3. The minimum atomic E-state index is -0.597. The Hall–Kier alpha value is -1.02. The number of ketones is 1. The maximum absolute atomic E-state index is 14.1. The molecule has 10 atom stereocenters. The van der Waals surface area contributed by atoms with Crippen molar-refractivity contribution in [2.75, 3.05) is 39.5 Å². The highest BCUT2D eigenvalue weighted by Crippen LogP contribution is 2.77. The van der Waals surface area contributed by atoms with Crippen molar-refractivity contribution in [1.29, 1.82) is 0 Å². The molecule has 42 heavy (non-hydrogen) atoms. The summed E-state index contributed by atoms with van der Waals surface area (Å²) in [5.74, 6) is 1.45. The molecule has 5 aliphatic carbocycles. The number of aliphatic hydroxyl groups excluding tert-OH is 3. The second-order valence-electron chi connectivity index (χ2n) is 16.4. The van der Waals surface area contributed by atoms with Gasteiger partial charge in [0, 0.05) is 25.6 Å². The van der Waals surface area contributed by atoms with Gasteiger partial charge in [-0.05, 0) is 116 Å². The fourth-order valence-electron chi connectivity index (χ4n) is 12.4. The maximum Gasteiger partial charge on any atom is 0.312 e. The Morgan fingerprint density at radius 1 is 0.786 bits per heavy atom. The van der Waals surface area contributed by atoms with Crippen LogP contribution in [0.25, 0.3) is 0 Å². The molecule has 0 radical (unpaired) electrons. The van der Waals surface area contributed by atoms with Crippen molar-refractivity contribution in [2.45, 2.75) is 112 Å². The second-order valence-corrected chi connectivity index (χ2v) is 16.4. The molecule has 0 unspecified atom stereocenters. The quantitative estimate of drug-likeness (QED) is 0.330. The number of carbonyl (C=O) groups excluding carboxylic acids is 2. The summed E-state index contributed by atoms with van der Waals surface area (Å²) in [4.78, 5) is 29.2. The molecule has 0 aromatic carbocycles. The van der Waals surface area contributed by atoms with E-state index in [9.17, 15) is 24.9 Å². The molecule has 7 nitrogen and oxygen atoms in total. The summed E-state index contributed by atoms with van der Waals surface area (Å²) in [7, 11) is 0. The summed E-state index contributed by atoms with van der Waals surface area (Å²) < 4.78 is 6.02.